The van der Waals surface area contributed by atoms with Crippen molar-refractivity contribution in [2.45, 2.75) is 32.9 Å². The van der Waals surface area contributed by atoms with Crippen LogP contribution < -0.4 is 0 Å². The molecule has 1 radical (unpaired) electrons. The van der Waals surface area contributed by atoms with E-state index in [0.29, 0.717) is 0 Å². The van der Waals surface area contributed by atoms with Crippen molar-refractivity contribution in [1.82, 2.24) is 0 Å². The van der Waals surface area contributed by atoms with Crippen LogP contribution in [0.1, 0.15) is 27.2 Å². The van der Waals surface area contributed by atoms with Gasteiger partial charge in [-0.2, -0.15) is 0 Å². The van der Waals surface area contributed by atoms with Gasteiger partial charge in [-0.1, -0.05) is 6.92 Å². The molecule has 0 heterocycles. The second-order valence-corrected chi connectivity index (χ2v) is 2.18. The summed E-state index contributed by atoms with van der Waals surface area (Å²) in [5.74, 6) is 0. The van der Waals surface area contributed by atoms with Crippen LogP contribution in [0.15, 0.2) is 0 Å². The number of hydrogen-bond acceptors (Lipinski definition) is 0. The van der Waals surface area contributed by atoms with Crippen LogP contribution in [0.4, 0.5) is 4.39 Å². The highest BCUT2D eigenvalue weighted by Crippen LogP contribution is 2.13. The standard InChI is InChI=1S/C6H12F/c1-4-5-6(2,3)7/h5H,4H2,1-3H3. The molecular formula is C6H12F. The van der Waals surface area contributed by atoms with Gasteiger partial charge < -0.3 is 0 Å². The van der Waals surface area contributed by atoms with Crippen molar-refractivity contribution in [3.63, 3.8) is 0 Å². The van der Waals surface area contributed by atoms with E-state index in [1.54, 1.807) is 20.3 Å². The maximum atomic E-state index is 12.3. The fourth-order valence-corrected chi connectivity index (χ4v) is 0.485. The van der Waals surface area contributed by atoms with Crippen molar-refractivity contribution in [3.05, 3.63) is 6.42 Å². The molecule has 0 aromatic rings. The highest BCUT2D eigenvalue weighted by molar-refractivity contribution is 4.82. The van der Waals surface area contributed by atoms with Crippen LogP contribution in [-0.2, 0) is 0 Å². The van der Waals surface area contributed by atoms with Gasteiger partial charge in [0, 0.05) is 0 Å². The van der Waals surface area contributed by atoms with Crippen molar-refractivity contribution < 1.29 is 4.39 Å². The number of hydrogen-bond donors (Lipinski definition) is 0. The molecular weight excluding hydrogens is 91.1 g/mol. The second-order valence-electron chi connectivity index (χ2n) is 2.18. The first kappa shape index (κ1) is 6.93. The Kier molecular flexibility index (Phi) is 2.27. The zero-order valence-corrected chi connectivity index (χ0v) is 5.16. The molecule has 0 fully saturated rings. The third kappa shape index (κ3) is 5.93. The predicted molar refractivity (Wildman–Crippen MR) is 29.8 cm³/mol. The van der Waals surface area contributed by atoms with Crippen molar-refractivity contribution in [2.24, 2.45) is 0 Å². The quantitative estimate of drug-likeness (QED) is 0.503. The Morgan fingerprint density at radius 3 is 2.00 bits per heavy atom. The maximum absolute atomic E-state index is 12.3. The molecule has 7 heavy (non-hydrogen) atoms. The van der Waals surface area contributed by atoms with Crippen molar-refractivity contribution in [1.29, 1.82) is 0 Å². The summed E-state index contributed by atoms with van der Waals surface area (Å²) in [6.07, 6.45) is 2.45. The van der Waals surface area contributed by atoms with E-state index in [4.69, 9.17) is 0 Å². The molecule has 0 spiro atoms. The molecule has 0 aliphatic carbocycles. The minimum absolute atomic E-state index is 0.809. The lowest BCUT2D eigenvalue weighted by molar-refractivity contribution is 0.257. The van der Waals surface area contributed by atoms with Gasteiger partial charge in [-0.3, -0.25) is 0 Å². The molecule has 0 aromatic carbocycles. The van der Waals surface area contributed by atoms with E-state index in [9.17, 15) is 4.39 Å². The highest BCUT2D eigenvalue weighted by Gasteiger charge is 2.12. The molecule has 0 bridgehead atoms. The van der Waals surface area contributed by atoms with E-state index in [2.05, 4.69) is 0 Å². The van der Waals surface area contributed by atoms with Gasteiger partial charge >= 0.3 is 0 Å². The van der Waals surface area contributed by atoms with Gasteiger partial charge in [-0.25, -0.2) is 4.39 Å². The third-order valence-corrected chi connectivity index (χ3v) is 0.690. The molecule has 0 nitrogen and oxygen atoms in total. The molecule has 0 unspecified atom stereocenters. The van der Waals surface area contributed by atoms with Crippen LogP contribution in [0, 0.1) is 6.42 Å². The molecule has 0 N–H and O–H groups in total. The Morgan fingerprint density at radius 1 is 1.57 bits per heavy atom. The summed E-state index contributed by atoms with van der Waals surface area (Å²) in [5.41, 5.74) is -1.07. The van der Waals surface area contributed by atoms with E-state index in [-0.39, 0.29) is 0 Å². The fourth-order valence-electron chi connectivity index (χ4n) is 0.485. The lowest BCUT2D eigenvalue weighted by Crippen LogP contribution is -2.10. The van der Waals surface area contributed by atoms with Crippen molar-refractivity contribution >= 4 is 0 Å². The molecule has 0 saturated carbocycles. The summed E-state index contributed by atoms with van der Waals surface area (Å²) >= 11 is 0. The molecule has 0 amide bonds. The van der Waals surface area contributed by atoms with E-state index in [0.717, 1.165) is 6.42 Å². The van der Waals surface area contributed by atoms with Gasteiger partial charge in [-0.15, -0.1) is 0 Å². The van der Waals surface area contributed by atoms with E-state index in [1.807, 2.05) is 6.92 Å². The molecule has 0 aliphatic rings. The SMILES string of the molecule is CC[CH]C(C)(C)F. The zero-order valence-electron chi connectivity index (χ0n) is 5.16. The molecule has 0 atom stereocenters. The largest absolute Gasteiger partial charge is 0.244 e. The summed E-state index contributed by atoms with van der Waals surface area (Å²) in [6, 6.07) is 0. The van der Waals surface area contributed by atoms with Crippen LogP contribution in [0.3, 0.4) is 0 Å². The van der Waals surface area contributed by atoms with Crippen molar-refractivity contribution in [3.8, 4) is 0 Å². The van der Waals surface area contributed by atoms with E-state index < -0.39 is 5.67 Å². The molecule has 0 saturated heterocycles. The maximum Gasteiger partial charge on any atom is 0.108 e. The normalized spacial score (nSPS) is 12.0. The summed E-state index contributed by atoms with van der Waals surface area (Å²) in [6.45, 7) is 5.04. The molecule has 0 aromatic heterocycles. The van der Waals surface area contributed by atoms with Crippen LogP contribution in [0.2, 0.25) is 0 Å². The first-order chi connectivity index (χ1) is 3.06. The van der Waals surface area contributed by atoms with Gasteiger partial charge in [-0.05, 0) is 26.7 Å². The van der Waals surface area contributed by atoms with Gasteiger partial charge in [0.05, 0.1) is 0 Å². The van der Waals surface area contributed by atoms with Gasteiger partial charge in [0.2, 0.25) is 0 Å². The summed E-state index contributed by atoms with van der Waals surface area (Å²) in [4.78, 5) is 0. The lowest BCUT2D eigenvalue weighted by atomic mass is 10.1. The Labute approximate surface area is 44.7 Å². The van der Waals surface area contributed by atoms with Gasteiger partial charge in [0.25, 0.3) is 0 Å². The van der Waals surface area contributed by atoms with Gasteiger partial charge in [0.1, 0.15) is 5.67 Å². The molecule has 0 rings (SSSR count). The summed E-state index contributed by atoms with van der Waals surface area (Å²) < 4.78 is 12.3. The smallest absolute Gasteiger partial charge is 0.108 e. The van der Waals surface area contributed by atoms with Crippen molar-refractivity contribution in [2.75, 3.05) is 0 Å². The van der Waals surface area contributed by atoms with Crippen LogP contribution in [-0.4, -0.2) is 5.67 Å². The summed E-state index contributed by atoms with van der Waals surface area (Å²) in [5, 5.41) is 0. The average molecular weight is 103 g/mol. The monoisotopic (exact) mass is 103 g/mol. The summed E-state index contributed by atoms with van der Waals surface area (Å²) in [7, 11) is 0. The van der Waals surface area contributed by atoms with Gasteiger partial charge in [0.15, 0.2) is 0 Å². The Bertz CT molecular complexity index is 42.6. The molecule has 0 aliphatic heterocycles. The predicted octanol–water partition coefficient (Wildman–Crippen LogP) is 2.35. The Balaban J connectivity index is 3.15. The van der Waals surface area contributed by atoms with Crippen LogP contribution in [0.5, 0.6) is 0 Å². The average Bonchev–Trinajstić information content (AvgIpc) is 1.30. The fraction of sp³-hybridized carbons (Fsp3) is 0.833. The third-order valence-electron chi connectivity index (χ3n) is 0.690. The Hall–Kier alpha value is -0.0700. The second kappa shape index (κ2) is 2.29. The minimum atomic E-state index is -1.07. The first-order valence-corrected chi connectivity index (χ1v) is 2.59. The molecule has 43 valence electrons. The van der Waals surface area contributed by atoms with E-state index in [1.165, 1.54) is 0 Å². The van der Waals surface area contributed by atoms with Crippen LogP contribution >= 0.6 is 0 Å². The first-order valence-electron chi connectivity index (χ1n) is 2.59. The minimum Gasteiger partial charge on any atom is -0.244 e. The van der Waals surface area contributed by atoms with Crippen LogP contribution in [0.25, 0.3) is 0 Å². The Morgan fingerprint density at radius 2 is 2.00 bits per heavy atom. The zero-order chi connectivity index (χ0) is 5.91. The lowest BCUT2D eigenvalue weighted by Gasteiger charge is -2.09. The number of halogens is 1. The topological polar surface area (TPSA) is 0 Å². The van der Waals surface area contributed by atoms with E-state index >= 15 is 0 Å². The number of alkyl halides is 1. The highest BCUT2D eigenvalue weighted by atomic mass is 19.1. The molecule has 1 heteroatoms. The number of rotatable bonds is 2.